The van der Waals surface area contributed by atoms with E-state index in [2.05, 4.69) is 32.7 Å². The number of hydrogen-bond donors (Lipinski definition) is 1. The number of nitrogens with zero attached hydrogens (tertiary/aromatic N) is 3. The lowest BCUT2D eigenvalue weighted by molar-refractivity contribution is -0.142. The average molecular weight is 478 g/mol. The van der Waals surface area contributed by atoms with Gasteiger partial charge in [0.25, 0.3) is 5.91 Å². The normalized spacial score (nSPS) is 21.2. The van der Waals surface area contributed by atoms with Gasteiger partial charge in [-0.15, -0.1) is 35.3 Å². The number of rotatable bonds is 4. The molecule has 2 aliphatic rings. The van der Waals surface area contributed by atoms with Crippen molar-refractivity contribution < 1.29 is 9.53 Å². The number of amides is 1. The Kier molecular flexibility index (Phi) is 8.44. The van der Waals surface area contributed by atoms with Crippen LogP contribution < -0.4 is 5.32 Å². The summed E-state index contributed by atoms with van der Waals surface area (Å²) in [5.74, 6) is 1.09. The van der Waals surface area contributed by atoms with Gasteiger partial charge in [-0.3, -0.25) is 9.79 Å². The molecular weight excluding hydrogens is 451 g/mol. The highest BCUT2D eigenvalue weighted by Gasteiger charge is 2.30. The molecule has 1 aromatic rings. The van der Waals surface area contributed by atoms with Gasteiger partial charge in [0.1, 0.15) is 6.10 Å². The molecule has 0 bridgehead atoms. The largest absolute Gasteiger partial charge is 0.368 e. The van der Waals surface area contributed by atoms with Crippen molar-refractivity contribution in [1.82, 2.24) is 15.1 Å². The SMILES string of the molecule is CN=C(NCCc1cccs1)N1CCN(C(=O)C2CCCO2)CC1.I. The van der Waals surface area contributed by atoms with Gasteiger partial charge >= 0.3 is 0 Å². The number of nitrogens with one attached hydrogen (secondary N) is 1. The maximum Gasteiger partial charge on any atom is 0.251 e. The van der Waals surface area contributed by atoms with Crippen LogP contribution in [0.5, 0.6) is 0 Å². The first-order valence-electron chi connectivity index (χ1n) is 8.66. The first-order valence-corrected chi connectivity index (χ1v) is 9.54. The van der Waals surface area contributed by atoms with Crippen LogP contribution in [0.15, 0.2) is 22.5 Å². The summed E-state index contributed by atoms with van der Waals surface area (Å²) in [5.41, 5.74) is 0. The van der Waals surface area contributed by atoms with E-state index in [1.54, 1.807) is 11.3 Å². The van der Waals surface area contributed by atoms with Gasteiger partial charge in [-0.05, 0) is 30.7 Å². The molecule has 1 N–H and O–H groups in total. The van der Waals surface area contributed by atoms with E-state index < -0.39 is 0 Å². The minimum atomic E-state index is -0.209. The van der Waals surface area contributed by atoms with E-state index in [1.807, 2.05) is 11.9 Å². The number of thiophene rings is 1. The molecule has 2 fully saturated rings. The second-order valence-electron chi connectivity index (χ2n) is 6.12. The Balaban J connectivity index is 0.00000225. The van der Waals surface area contributed by atoms with Crippen LogP contribution in [-0.2, 0) is 16.0 Å². The number of aliphatic imine (C=N–C) groups is 1. The number of carbonyl (C=O) groups is 1. The molecule has 0 aromatic carbocycles. The number of ether oxygens (including phenoxy) is 1. The van der Waals surface area contributed by atoms with Crippen molar-refractivity contribution >= 4 is 47.2 Å². The van der Waals surface area contributed by atoms with Gasteiger partial charge in [0.15, 0.2) is 5.96 Å². The molecular formula is C17H27IN4O2S. The van der Waals surface area contributed by atoms with Crippen molar-refractivity contribution in [1.29, 1.82) is 0 Å². The summed E-state index contributed by atoms with van der Waals surface area (Å²) in [6.45, 7) is 4.71. The van der Waals surface area contributed by atoms with Crippen molar-refractivity contribution in [2.45, 2.75) is 25.4 Å². The Hall–Kier alpha value is -0.870. The topological polar surface area (TPSA) is 57.2 Å². The number of carbonyl (C=O) groups excluding carboxylic acids is 1. The molecule has 1 atom stereocenters. The summed E-state index contributed by atoms with van der Waals surface area (Å²) < 4.78 is 5.51. The molecule has 2 aliphatic heterocycles. The zero-order chi connectivity index (χ0) is 16.8. The molecule has 2 saturated heterocycles. The summed E-state index contributed by atoms with van der Waals surface area (Å²) in [4.78, 5) is 22.3. The molecule has 0 radical (unpaired) electrons. The molecule has 0 saturated carbocycles. The van der Waals surface area contributed by atoms with Gasteiger partial charge in [-0.2, -0.15) is 0 Å². The highest BCUT2D eigenvalue weighted by atomic mass is 127. The maximum absolute atomic E-state index is 12.4. The Bertz CT molecular complexity index is 553. The third-order valence-electron chi connectivity index (χ3n) is 4.54. The highest BCUT2D eigenvalue weighted by molar-refractivity contribution is 14.0. The van der Waals surface area contributed by atoms with Crippen LogP contribution in [0.1, 0.15) is 17.7 Å². The quantitative estimate of drug-likeness (QED) is 0.408. The van der Waals surface area contributed by atoms with Crippen LogP contribution in [0, 0.1) is 0 Å². The third-order valence-corrected chi connectivity index (χ3v) is 5.48. The van der Waals surface area contributed by atoms with Gasteiger partial charge in [0, 0.05) is 51.3 Å². The van der Waals surface area contributed by atoms with Crippen molar-refractivity contribution in [3.63, 3.8) is 0 Å². The molecule has 0 aliphatic carbocycles. The molecule has 3 heterocycles. The molecule has 25 heavy (non-hydrogen) atoms. The molecule has 3 rings (SSSR count). The van der Waals surface area contributed by atoms with Gasteiger partial charge in [0.2, 0.25) is 0 Å². The van der Waals surface area contributed by atoms with Gasteiger partial charge in [-0.25, -0.2) is 0 Å². The fourth-order valence-corrected chi connectivity index (χ4v) is 3.91. The molecule has 1 amide bonds. The lowest BCUT2D eigenvalue weighted by Crippen LogP contribution is -2.55. The Labute approximate surface area is 170 Å². The average Bonchev–Trinajstić information content (AvgIpc) is 3.32. The summed E-state index contributed by atoms with van der Waals surface area (Å²) in [5, 5.41) is 5.54. The standard InChI is InChI=1S/C17H26N4O2S.HI/c1-18-17(19-7-6-14-4-3-13-24-14)21-10-8-20(9-11-21)16(22)15-5-2-12-23-15;/h3-4,13,15H,2,5-12H2,1H3,(H,18,19);1H. The maximum atomic E-state index is 12.4. The fraction of sp³-hybridized carbons (Fsp3) is 0.647. The van der Waals surface area contributed by atoms with Crippen LogP contribution in [0.4, 0.5) is 0 Å². The third kappa shape index (κ3) is 5.55. The van der Waals surface area contributed by atoms with Crippen molar-refractivity contribution in [3.8, 4) is 0 Å². The number of hydrogen-bond acceptors (Lipinski definition) is 4. The van der Waals surface area contributed by atoms with Gasteiger partial charge in [-0.1, -0.05) is 6.07 Å². The zero-order valence-corrected chi connectivity index (χ0v) is 17.8. The van der Waals surface area contributed by atoms with E-state index in [4.69, 9.17) is 4.74 Å². The first-order chi connectivity index (χ1) is 11.8. The predicted molar refractivity (Wildman–Crippen MR) is 112 cm³/mol. The smallest absolute Gasteiger partial charge is 0.251 e. The number of guanidine groups is 1. The van der Waals surface area contributed by atoms with Crippen LogP contribution in [0.25, 0.3) is 0 Å². The van der Waals surface area contributed by atoms with E-state index in [-0.39, 0.29) is 36.0 Å². The molecule has 1 aromatic heterocycles. The predicted octanol–water partition coefficient (Wildman–Crippen LogP) is 1.81. The van der Waals surface area contributed by atoms with Crippen molar-refractivity contribution in [2.24, 2.45) is 4.99 Å². The van der Waals surface area contributed by atoms with Crippen LogP contribution in [0.2, 0.25) is 0 Å². The van der Waals surface area contributed by atoms with Crippen LogP contribution in [-0.4, -0.2) is 74.1 Å². The minimum absolute atomic E-state index is 0. The van der Waals surface area contributed by atoms with Crippen molar-refractivity contribution in [2.75, 3.05) is 46.4 Å². The summed E-state index contributed by atoms with van der Waals surface area (Å²) >= 11 is 1.78. The van der Waals surface area contributed by atoms with Gasteiger partial charge in [0.05, 0.1) is 0 Å². The number of piperazine rings is 1. The minimum Gasteiger partial charge on any atom is -0.368 e. The summed E-state index contributed by atoms with van der Waals surface area (Å²) in [7, 11) is 1.82. The lowest BCUT2D eigenvalue weighted by atomic mass is 10.2. The fourth-order valence-electron chi connectivity index (χ4n) is 3.20. The number of halogens is 1. The zero-order valence-electron chi connectivity index (χ0n) is 14.6. The summed E-state index contributed by atoms with van der Waals surface area (Å²) in [6.07, 6.45) is 2.66. The Morgan fingerprint density at radius 2 is 2.12 bits per heavy atom. The Morgan fingerprint density at radius 3 is 2.72 bits per heavy atom. The van der Waals surface area contributed by atoms with Crippen LogP contribution in [0.3, 0.4) is 0 Å². The van der Waals surface area contributed by atoms with E-state index in [0.29, 0.717) is 0 Å². The second-order valence-corrected chi connectivity index (χ2v) is 7.15. The summed E-state index contributed by atoms with van der Waals surface area (Å²) in [6, 6.07) is 4.24. The molecule has 1 unspecified atom stereocenters. The van der Waals surface area contributed by atoms with E-state index >= 15 is 0 Å². The van der Waals surface area contributed by atoms with Crippen molar-refractivity contribution in [3.05, 3.63) is 22.4 Å². The van der Waals surface area contributed by atoms with E-state index in [0.717, 1.165) is 64.6 Å². The van der Waals surface area contributed by atoms with E-state index in [1.165, 1.54) is 4.88 Å². The first kappa shape index (κ1) is 20.4. The van der Waals surface area contributed by atoms with Crippen LogP contribution >= 0.6 is 35.3 Å². The Morgan fingerprint density at radius 1 is 1.36 bits per heavy atom. The molecule has 8 heteroatoms. The molecule has 140 valence electrons. The molecule has 6 nitrogen and oxygen atoms in total. The second kappa shape index (κ2) is 10.3. The monoisotopic (exact) mass is 478 g/mol. The highest BCUT2D eigenvalue weighted by Crippen LogP contribution is 2.16. The molecule has 0 spiro atoms. The van der Waals surface area contributed by atoms with E-state index in [9.17, 15) is 4.79 Å². The lowest BCUT2D eigenvalue weighted by Gasteiger charge is -2.37. The van der Waals surface area contributed by atoms with Gasteiger partial charge < -0.3 is 19.9 Å².